The molecule has 1 unspecified atom stereocenters. The van der Waals surface area contributed by atoms with Crippen LogP contribution in [0.5, 0.6) is 0 Å². The van der Waals surface area contributed by atoms with E-state index < -0.39 is 0 Å². The molecule has 2 fully saturated rings. The van der Waals surface area contributed by atoms with Crippen molar-refractivity contribution in [1.82, 2.24) is 15.1 Å². The molecule has 0 aromatic heterocycles. The third kappa shape index (κ3) is 6.49. The average molecular weight is 353 g/mol. The highest BCUT2D eigenvalue weighted by Crippen LogP contribution is 2.19. The number of esters is 1. The van der Waals surface area contributed by atoms with Gasteiger partial charge >= 0.3 is 5.97 Å². The predicted molar refractivity (Wildman–Crippen MR) is 102 cm³/mol. The van der Waals surface area contributed by atoms with E-state index in [1.807, 2.05) is 6.92 Å². The summed E-state index contributed by atoms with van der Waals surface area (Å²) in [6, 6.07) is 0. The van der Waals surface area contributed by atoms with Crippen LogP contribution in [0.4, 0.5) is 0 Å². The zero-order chi connectivity index (χ0) is 18.1. The van der Waals surface area contributed by atoms with E-state index in [2.05, 4.69) is 29.0 Å². The largest absolute Gasteiger partial charge is 0.466 e. The minimum absolute atomic E-state index is 0.0386. The van der Waals surface area contributed by atoms with Gasteiger partial charge in [0.15, 0.2) is 5.96 Å². The number of hydrogen-bond donors (Lipinski definition) is 1. The molecule has 0 radical (unpaired) electrons. The molecule has 0 aromatic carbocycles. The van der Waals surface area contributed by atoms with E-state index in [1.54, 1.807) is 0 Å². The number of hydrogen-bond acceptors (Lipinski definition) is 4. The van der Waals surface area contributed by atoms with Crippen LogP contribution in [-0.4, -0.2) is 74.1 Å². The Balaban J connectivity index is 1.80. The third-order valence-corrected chi connectivity index (χ3v) is 5.17. The molecule has 1 N–H and O–H groups in total. The Morgan fingerprint density at radius 2 is 1.96 bits per heavy atom. The van der Waals surface area contributed by atoms with Gasteiger partial charge in [-0.05, 0) is 52.0 Å². The fourth-order valence-electron chi connectivity index (χ4n) is 3.80. The zero-order valence-electron chi connectivity index (χ0n) is 16.3. The fraction of sp³-hybridized carbons (Fsp3) is 0.895. The maximum absolute atomic E-state index is 11.9. The van der Waals surface area contributed by atoms with Crippen LogP contribution in [0.15, 0.2) is 4.99 Å². The van der Waals surface area contributed by atoms with Crippen molar-refractivity contribution in [3.8, 4) is 0 Å². The van der Waals surface area contributed by atoms with Gasteiger partial charge in [-0.2, -0.15) is 0 Å². The molecule has 2 aliphatic heterocycles. The standard InChI is InChI=1S/C19H36N4O2/c1-4-20-19(21-10-14-22-11-6-7-16(3)15-22)23-12-8-17(9-13-23)18(24)25-5-2/h16-17H,4-15H2,1-3H3,(H,20,21). The molecule has 2 heterocycles. The summed E-state index contributed by atoms with van der Waals surface area (Å²) < 4.78 is 5.16. The fourth-order valence-corrected chi connectivity index (χ4v) is 3.80. The number of likely N-dealkylation sites (tertiary alicyclic amines) is 2. The Hall–Kier alpha value is -1.30. The van der Waals surface area contributed by atoms with Gasteiger partial charge in [0, 0.05) is 32.7 Å². The molecular weight excluding hydrogens is 316 g/mol. The Kier molecular flexibility index (Phi) is 8.52. The second-order valence-electron chi connectivity index (χ2n) is 7.30. The van der Waals surface area contributed by atoms with Crippen LogP contribution < -0.4 is 5.32 Å². The Bertz CT molecular complexity index is 433. The van der Waals surface area contributed by atoms with Crippen molar-refractivity contribution >= 4 is 11.9 Å². The SMILES string of the molecule is CCNC(=NCCN1CCCC(C)C1)N1CCC(C(=O)OCC)CC1. The van der Waals surface area contributed by atoms with Crippen molar-refractivity contribution in [3.63, 3.8) is 0 Å². The molecule has 0 aliphatic carbocycles. The van der Waals surface area contributed by atoms with E-state index in [0.717, 1.165) is 57.4 Å². The van der Waals surface area contributed by atoms with Crippen LogP contribution in [0, 0.1) is 11.8 Å². The van der Waals surface area contributed by atoms with Crippen molar-refractivity contribution in [2.45, 2.75) is 46.5 Å². The number of piperidine rings is 2. The maximum atomic E-state index is 11.9. The maximum Gasteiger partial charge on any atom is 0.309 e. The molecule has 0 spiro atoms. The van der Waals surface area contributed by atoms with Gasteiger partial charge in [0.2, 0.25) is 0 Å². The molecular formula is C19H36N4O2. The van der Waals surface area contributed by atoms with Gasteiger partial charge in [0.05, 0.1) is 19.1 Å². The summed E-state index contributed by atoms with van der Waals surface area (Å²) in [7, 11) is 0. The molecule has 25 heavy (non-hydrogen) atoms. The summed E-state index contributed by atoms with van der Waals surface area (Å²) in [5, 5.41) is 3.41. The number of nitrogens with zero attached hydrogens (tertiary/aromatic N) is 3. The third-order valence-electron chi connectivity index (χ3n) is 5.17. The Labute approximate surface area is 153 Å². The van der Waals surface area contributed by atoms with Crippen molar-refractivity contribution in [1.29, 1.82) is 0 Å². The van der Waals surface area contributed by atoms with Crippen molar-refractivity contribution < 1.29 is 9.53 Å². The van der Waals surface area contributed by atoms with E-state index in [1.165, 1.54) is 25.9 Å². The van der Waals surface area contributed by atoms with E-state index in [4.69, 9.17) is 9.73 Å². The van der Waals surface area contributed by atoms with Crippen molar-refractivity contribution in [2.75, 3.05) is 52.4 Å². The quantitative estimate of drug-likeness (QED) is 0.450. The molecule has 0 amide bonds. The summed E-state index contributed by atoms with van der Waals surface area (Å²) in [5.74, 6) is 1.82. The second-order valence-corrected chi connectivity index (χ2v) is 7.30. The average Bonchev–Trinajstić information content (AvgIpc) is 2.61. The summed E-state index contributed by atoms with van der Waals surface area (Å²) in [6.07, 6.45) is 4.38. The van der Waals surface area contributed by atoms with Crippen LogP contribution in [0.3, 0.4) is 0 Å². The van der Waals surface area contributed by atoms with Crippen LogP contribution in [0.2, 0.25) is 0 Å². The highest BCUT2D eigenvalue weighted by Gasteiger charge is 2.27. The van der Waals surface area contributed by atoms with Crippen LogP contribution >= 0.6 is 0 Å². The molecule has 2 rings (SSSR count). The van der Waals surface area contributed by atoms with Crippen LogP contribution in [0.1, 0.15) is 46.5 Å². The van der Waals surface area contributed by atoms with E-state index in [-0.39, 0.29) is 11.9 Å². The van der Waals surface area contributed by atoms with Gasteiger partial charge in [0.1, 0.15) is 0 Å². The zero-order valence-corrected chi connectivity index (χ0v) is 16.3. The van der Waals surface area contributed by atoms with Gasteiger partial charge in [0.25, 0.3) is 0 Å². The van der Waals surface area contributed by atoms with Gasteiger partial charge in [-0.15, -0.1) is 0 Å². The highest BCUT2D eigenvalue weighted by molar-refractivity contribution is 5.80. The smallest absolute Gasteiger partial charge is 0.309 e. The second kappa shape index (κ2) is 10.6. The van der Waals surface area contributed by atoms with Gasteiger partial charge in [-0.1, -0.05) is 6.92 Å². The first kappa shape index (κ1) is 20.0. The van der Waals surface area contributed by atoms with E-state index in [0.29, 0.717) is 6.61 Å². The van der Waals surface area contributed by atoms with Crippen molar-refractivity contribution in [2.24, 2.45) is 16.8 Å². The lowest BCUT2D eigenvalue weighted by Gasteiger charge is -2.34. The number of carbonyl (C=O) groups excluding carboxylic acids is 1. The first-order valence-corrected chi connectivity index (χ1v) is 10.1. The van der Waals surface area contributed by atoms with Crippen LogP contribution in [-0.2, 0) is 9.53 Å². The summed E-state index contributed by atoms with van der Waals surface area (Å²) >= 11 is 0. The first-order chi connectivity index (χ1) is 12.1. The monoisotopic (exact) mass is 352 g/mol. The van der Waals surface area contributed by atoms with Crippen LogP contribution in [0.25, 0.3) is 0 Å². The lowest BCUT2D eigenvalue weighted by atomic mass is 9.97. The number of nitrogens with one attached hydrogen (secondary N) is 1. The minimum Gasteiger partial charge on any atom is -0.466 e. The van der Waals surface area contributed by atoms with Gasteiger partial charge in [-0.25, -0.2) is 0 Å². The molecule has 6 nitrogen and oxygen atoms in total. The highest BCUT2D eigenvalue weighted by atomic mass is 16.5. The normalized spacial score (nSPS) is 23.6. The summed E-state index contributed by atoms with van der Waals surface area (Å²) in [4.78, 5) is 21.5. The Morgan fingerprint density at radius 3 is 2.60 bits per heavy atom. The molecule has 0 aromatic rings. The molecule has 144 valence electrons. The number of carbonyl (C=O) groups is 1. The lowest BCUT2D eigenvalue weighted by molar-refractivity contribution is -0.149. The Morgan fingerprint density at radius 1 is 1.20 bits per heavy atom. The summed E-state index contributed by atoms with van der Waals surface area (Å²) in [6.45, 7) is 13.7. The molecule has 2 aliphatic rings. The number of guanidine groups is 1. The first-order valence-electron chi connectivity index (χ1n) is 10.1. The van der Waals surface area contributed by atoms with E-state index in [9.17, 15) is 4.79 Å². The van der Waals surface area contributed by atoms with Gasteiger partial charge in [-0.3, -0.25) is 9.79 Å². The van der Waals surface area contributed by atoms with Crippen molar-refractivity contribution in [3.05, 3.63) is 0 Å². The predicted octanol–water partition coefficient (Wildman–Crippen LogP) is 1.96. The number of ether oxygens (including phenoxy) is 1. The molecule has 2 saturated heterocycles. The number of rotatable bonds is 6. The topological polar surface area (TPSA) is 57.2 Å². The van der Waals surface area contributed by atoms with E-state index >= 15 is 0 Å². The molecule has 0 bridgehead atoms. The molecule has 0 saturated carbocycles. The van der Waals surface area contributed by atoms with Gasteiger partial charge < -0.3 is 19.9 Å². The lowest BCUT2D eigenvalue weighted by Crippen LogP contribution is -2.47. The molecule has 6 heteroatoms. The summed E-state index contributed by atoms with van der Waals surface area (Å²) in [5.41, 5.74) is 0. The minimum atomic E-state index is -0.0386. The number of aliphatic imine (C=N–C) groups is 1. The molecule has 1 atom stereocenters.